The lowest BCUT2D eigenvalue weighted by molar-refractivity contribution is 0.370. The van der Waals surface area contributed by atoms with Crippen molar-refractivity contribution < 1.29 is 4.74 Å². The lowest BCUT2D eigenvalue weighted by atomic mass is 10.2. The van der Waals surface area contributed by atoms with Crippen molar-refractivity contribution in [2.24, 2.45) is 7.05 Å². The fourth-order valence-electron chi connectivity index (χ4n) is 1.84. The molecule has 6 heteroatoms. The lowest BCUT2D eigenvalue weighted by Gasteiger charge is -2.09. The summed E-state index contributed by atoms with van der Waals surface area (Å²) < 4.78 is 7.89. The van der Waals surface area contributed by atoms with E-state index in [0.717, 1.165) is 27.4 Å². The summed E-state index contributed by atoms with van der Waals surface area (Å²) in [6.07, 6.45) is 1.74. The molecule has 0 aliphatic heterocycles. The molecule has 0 unspecified atom stereocenters. The predicted molar refractivity (Wildman–Crippen MR) is 73.8 cm³/mol. The third kappa shape index (κ3) is 2.48. The minimum absolute atomic E-state index is 0.646. The van der Waals surface area contributed by atoms with Gasteiger partial charge in [-0.05, 0) is 35.0 Å². The van der Waals surface area contributed by atoms with Crippen molar-refractivity contribution in [2.75, 3.05) is 12.4 Å². The van der Waals surface area contributed by atoms with Gasteiger partial charge in [0, 0.05) is 19.8 Å². The number of nitrogens with zero attached hydrogens (tertiary/aromatic N) is 3. The molecule has 96 valence electrons. The van der Waals surface area contributed by atoms with Crippen LogP contribution in [0, 0.1) is 6.92 Å². The van der Waals surface area contributed by atoms with Gasteiger partial charge in [0.1, 0.15) is 4.60 Å². The third-order valence-electron chi connectivity index (χ3n) is 2.70. The number of nitrogens with one attached hydrogen (secondary N) is 1. The first-order chi connectivity index (χ1) is 8.63. The second kappa shape index (κ2) is 5.39. The van der Waals surface area contributed by atoms with Gasteiger partial charge in [-0.1, -0.05) is 0 Å². The van der Waals surface area contributed by atoms with Crippen LogP contribution in [0.15, 0.2) is 22.9 Å². The molecule has 0 aliphatic rings. The monoisotopic (exact) mass is 310 g/mol. The summed E-state index contributed by atoms with van der Waals surface area (Å²) in [6.45, 7) is 2.62. The average Bonchev–Trinajstić information content (AvgIpc) is 2.62. The van der Waals surface area contributed by atoms with Gasteiger partial charge in [-0.3, -0.25) is 0 Å². The first-order valence-corrected chi connectivity index (χ1v) is 6.33. The van der Waals surface area contributed by atoms with Crippen LogP contribution in [0.3, 0.4) is 0 Å². The van der Waals surface area contributed by atoms with E-state index in [1.807, 2.05) is 26.1 Å². The normalized spacial score (nSPS) is 10.4. The molecule has 0 saturated heterocycles. The van der Waals surface area contributed by atoms with Gasteiger partial charge in [-0.25, -0.2) is 9.67 Å². The van der Waals surface area contributed by atoms with Crippen LogP contribution in [0.2, 0.25) is 0 Å². The number of aromatic nitrogens is 3. The summed E-state index contributed by atoms with van der Waals surface area (Å²) in [7, 11) is 3.52. The van der Waals surface area contributed by atoms with E-state index in [9.17, 15) is 0 Å². The molecule has 1 N–H and O–H groups in total. The molecule has 0 atom stereocenters. The maximum absolute atomic E-state index is 5.35. The zero-order valence-electron chi connectivity index (χ0n) is 10.6. The molecule has 5 nitrogen and oxygen atoms in total. The molecule has 18 heavy (non-hydrogen) atoms. The van der Waals surface area contributed by atoms with Gasteiger partial charge < -0.3 is 10.1 Å². The van der Waals surface area contributed by atoms with E-state index >= 15 is 0 Å². The zero-order chi connectivity index (χ0) is 13.1. The van der Waals surface area contributed by atoms with Crippen LogP contribution in [-0.2, 0) is 13.6 Å². The minimum Gasteiger partial charge on any atom is -0.481 e. The largest absolute Gasteiger partial charge is 0.481 e. The number of hydrogen-bond donors (Lipinski definition) is 1. The second-order valence-electron chi connectivity index (χ2n) is 3.89. The standard InChI is InChI=1S/C12H15BrN4O/c1-8-9(12(18-3)17(2)16-8)7-15-10-5-4-6-14-11(10)13/h4-6,15H,7H2,1-3H3. The van der Waals surface area contributed by atoms with Crippen molar-refractivity contribution in [2.45, 2.75) is 13.5 Å². The molecule has 2 aromatic heterocycles. The van der Waals surface area contributed by atoms with Crippen LogP contribution >= 0.6 is 15.9 Å². The molecule has 2 rings (SSSR count). The van der Waals surface area contributed by atoms with E-state index in [2.05, 4.69) is 31.3 Å². The molecule has 2 heterocycles. The van der Waals surface area contributed by atoms with Crippen LogP contribution < -0.4 is 10.1 Å². The number of aryl methyl sites for hydroxylation is 2. The van der Waals surface area contributed by atoms with E-state index in [1.165, 1.54) is 0 Å². The maximum Gasteiger partial charge on any atom is 0.216 e. The molecule has 0 amide bonds. The lowest BCUT2D eigenvalue weighted by Crippen LogP contribution is -2.03. The van der Waals surface area contributed by atoms with Crippen LogP contribution in [0.4, 0.5) is 5.69 Å². The van der Waals surface area contributed by atoms with Crippen LogP contribution in [0.25, 0.3) is 0 Å². The zero-order valence-corrected chi connectivity index (χ0v) is 12.2. The van der Waals surface area contributed by atoms with Gasteiger partial charge in [0.25, 0.3) is 0 Å². The summed E-state index contributed by atoms with van der Waals surface area (Å²) in [5, 5.41) is 7.66. The van der Waals surface area contributed by atoms with E-state index in [0.29, 0.717) is 6.54 Å². The van der Waals surface area contributed by atoms with Crippen LogP contribution in [0.1, 0.15) is 11.3 Å². The van der Waals surface area contributed by atoms with E-state index in [-0.39, 0.29) is 0 Å². The fourth-order valence-corrected chi connectivity index (χ4v) is 2.23. The molecular weight excluding hydrogens is 296 g/mol. The van der Waals surface area contributed by atoms with Crippen LogP contribution in [0.5, 0.6) is 5.88 Å². The number of methoxy groups -OCH3 is 1. The average molecular weight is 311 g/mol. The van der Waals surface area contributed by atoms with E-state index in [1.54, 1.807) is 18.0 Å². The highest BCUT2D eigenvalue weighted by Crippen LogP contribution is 2.24. The van der Waals surface area contributed by atoms with Crippen molar-refractivity contribution in [3.8, 4) is 5.88 Å². The number of rotatable bonds is 4. The molecule has 0 saturated carbocycles. The van der Waals surface area contributed by atoms with Gasteiger partial charge in [0.05, 0.1) is 24.1 Å². The van der Waals surface area contributed by atoms with Crippen molar-refractivity contribution in [1.82, 2.24) is 14.8 Å². The van der Waals surface area contributed by atoms with Crippen LogP contribution in [-0.4, -0.2) is 21.9 Å². The Balaban J connectivity index is 2.18. The summed E-state index contributed by atoms with van der Waals surface area (Å²) >= 11 is 3.40. The Labute approximate surface area is 114 Å². The Morgan fingerprint density at radius 1 is 1.50 bits per heavy atom. The quantitative estimate of drug-likeness (QED) is 0.882. The number of anilines is 1. The molecule has 0 aromatic carbocycles. The summed E-state index contributed by atoms with van der Waals surface area (Å²) in [5.41, 5.74) is 2.96. The molecule has 0 radical (unpaired) electrons. The maximum atomic E-state index is 5.35. The minimum atomic E-state index is 0.646. The number of ether oxygens (including phenoxy) is 1. The molecule has 2 aromatic rings. The van der Waals surface area contributed by atoms with Crippen molar-refractivity contribution in [3.63, 3.8) is 0 Å². The first kappa shape index (κ1) is 12.9. The fraction of sp³-hybridized carbons (Fsp3) is 0.333. The summed E-state index contributed by atoms with van der Waals surface area (Å²) in [5.74, 6) is 0.778. The SMILES string of the molecule is COc1c(CNc2cccnc2Br)c(C)nn1C. The molecular formula is C12H15BrN4O. The highest BCUT2D eigenvalue weighted by molar-refractivity contribution is 9.10. The Hall–Kier alpha value is -1.56. The van der Waals surface area contributed by atoms with Crippen molar-refractivity contribution in [3.05, 3.63) is 34.2 Å². The van der Waals surface area contributed by atoms with E-state index < -0.39 is 0 Å². The van der Waals surface area contributed by atoms with Gasteiger partial charge in [-0.2, -0.15) is 5.10 Å². The van der Waals surface area contributed by atoms with Crippen molar-refractivity contribution in [1.29, 1.82) is 0 Å². The van der Waals surface area contributed by atoms with E-state index in [4.69, 9.17) is 4.74 Å². The second-order valence-corrected chi connectivity index (χ2v) is 4.64. The molecule has 0 bridgehead atoms. The molecule has 0 aliphatic carbocycles. The smallest absolute Gasteiger partial charge is 0.216 e. The third-order valence-corrected chi connectivity index (χ3v) is 3.33. The first-order valence-electron chi connectivity index (χ1n) is 5.54. The number of pyridine rings is 1. The number of hydrogen-bond acceptors (Lipinski definition) is 4. The predicted octanol–water partition coefficient (Wildman–Crippen LogP) is 2.51. The summed E-state index contributed by atoms with van der Waals surface area (Å²) in [6, 6.07) is 3.86. The van der Waals surface area contributed by atoms with Gasteiger partial charge in [0.2, 0.25) is 5.88 Å². The topological polar surface area (TPSA) is 52.0 Å². The van der Waals surface area contributed by atoms with Gasteiger partial charge >= 0.3 is 0 Å². The number of halogens is 1. The highest BCUT2D eigenvalue weighted by Gasteiger charge is 2.13. The Kier molecular flexibility index (Phi) is 3.86. The highest BCUT2D eigenvalue weighted by atomic mass is 79.9. The van der Waals surface area contributed by atoms with Gasteiger partial charge in [0.15, 0.2) is 0 Å². The Morgan fingerprint density at radius 2 is 2.28 bits per heavy atom. The Morgan fingerprint density at radius 3 is 2.94 bits per heavy atom. The van der Waals surface area contributed by atoms with Gasteiger partial charge in [-0.15, -0.1) is 0 Å². The Bertz CT molecular complexity index is 553. The summed E-state index contributed by atoms with van der Waals surface area (Å²) in [4.78, 5) is 4.16. The molecule has 0 spiro atoms. The van der Waals surface area contributed by atoms with Crippen molar-refractivity contribution >= 4 is 21.6 Å². The molecule has 0 fully saturated rings.